The molecule has 3 aromatic rings. The number of amides is 1. The lowest BCUT2D eigenvalue weighted by molar-refractivity contribution is 0.0948. The number of carbonyl (C=O) groups excluding carboxylic acids is 1. The summed E-state index contributed by atoms with van der Waals surface area (Å²) in [6, 6.07) is 12.6. The number of aromatic nitrogens is 2. The van der Waals surface area contributed by atoms with Crippen LogP contribution in [0.2, 0.25) is 0 Å². The van der Waals surface area contributed by atoms with Gasteiger partial charge in [0.25, 0.3) is 5.91 Å². The van der Waals surface area contributed by atoms with Crippen LogP contribution in [0.5, 0.6) is 5.75 Å². The van der Waals surface area contributed by atoms with Crippen LogP contribution in [0.25, 0.3) is 0 Å². The van der Waals surface area contributed by atoms with Gasteiger partial charge in [-0.15, -0.1) is 0 Å². The van der Waals surface area contributed by atoms with Gasteiger partial charge < -0.3 is 14.5 Å². The Morgan fingerprint density at radius 1 is 1.27 bits per heavy atom. The van der Waals surface area contributed by atoms with Crippen molar-refractivity contribution in [1.29, 1.82) is 0 Å². The lowest BCUT2D eigenvalue weighted by atomic mass is 10.1. The first-order valence-corrected chi connectivity index (χ1v) is 8.65. The molecule has 0 saturated heterocycles. The molecule has 26 heavy (non-hydrogen) atoms. The molecule has 0 spiro atoms. The fourth-order valence-electron chi connectivity index (χ4n) is 2.91. The molecule has 0 aliphatic carbocycles. The summed E-state index contributed by atoms with van der Waals surface area (Å²) in [5.41, 5.74) is 2.52. The van der Waals surface area contributed by atoms with E-state index >= 15 is 0 Å². The van der Waals surface area contributed by atoms with Crippen molar-refractivity contribution in [1.82, 2.24) is 15.1 Å². The summed E-state index contributed by atoms with van der Waals surface area (Å²) in [5, 5.41) is 7.51. The molecule has 1 unspecified atom stereocenters. The van der Waals surface area contributed by atoms with Crippen LogP contribution in [0.1, 0.15) is 40.5 Å². The molecule has 0 bridgehead atoms. The van der Waals surface area contributed by atoms with Crippen LogP contribution >= 0.6 is 0 Å². The first-order chi connectivity index (χ1) is 12.6. The molecule has 0 aliphatic heterocycles. The molecule has 1 atom stereocenters. The van der Waals surface area contributed by atoms with Gasteiger partial charge in [0.1, 0.15) is 17.6 Å². The summed E-state index contributed by atoms with van der Waals surface area (Å²) < 4.78 is 12.9. The molecule has 3 rings (SSSR count). The number of rotatable bonds is 7. The molecule has 0 aliphatic rings. The number of hydrogen-bond acceptors (Lipinski definition) is 4. The Morgan fingerprint density at radius 3 is 2.62 bits per heavy atom. The van der Waals surface area contributed by atoms with Gasteiger partial charge in [0.2, 0.25) is 0 Å². The predicted octanol–water partition coefficient (Wildman–Crippen LogP) is 3.51. The van der Waals surface area contributed by atoms with Gasteiger partial charge in [-0.05, 0) is 63.2 Å². The minimum absolute atomic E-state index is 0.147. The standard InChI is InChI=1S/C20H23N3O3/c1-4-25-17-9-7-16(8-10-17)20(24)21-13-18(19-6-5-11-26-19)23-15(3)12-14(2)22-23/h5-12,18H,4,13H2,1-3H3,(H,21,24). The highest BCUT2D eigenvalue weighted by Crippen LogP contribution is 2.20. The number of carbonyl (C=O) groups is 1. The van der Waals surface area contributed by atoms with E-state index in [1.54, 1.807) is 30.5 Å². The average molecular weight is 353 g/mol. The second kappa shape index (κ2) is 7.91. The number of nitrogens with zero attached hydrogens (tertiary/aromatic N) is 2. The lowest BCUT2D eigenvalue weighted by Gasteiger charge is -2.18. The monoisotopic (exact) mass is 353 g/mol. The highest BCUT2D eigenvalue weighted by atomic mass is 16.5. The minimum atomic E-state index is -0.203. The smallest absolute Gasteiger partial charge is 0.251 e. The molecule has 1 aromatic carbocycles. The molecule has 0 fully saturated rings. The Labute approximate surface area is 152 Å². The Balaban J connectivity index is 1.73. The van der Waals surface area contributed by atoms with Gasteiger partial charge in [-0.25, -0.2) is 0 Å². The zero-order valence-electron chi connectivity index (χ0n) is 15.2. The third-order valence-electron chi connectivity index (χ3n) is 4.09. The van der Waals surface area contributed by atoms with Crippen LogP contribution in [0, 0.1) is 13.8 Å². The second-order valence-corrected chi connectivity index (χ2v) is 6.07. The minimum Gasteiger partial charge on any atom is -0.494 e. The van der Waals surface area contributed by atoms with Gasteiger partial charge in [-0.1, -0.05) is 0 Å². The summed E-state index contributed by atoms with van der Waals surface area (Å²) in [5.74, 6) is 1.36. The maximum absolute atomic E-state index is 12.5. The largest absolute Gasteiger partial charge is 0.494 e. The average Bonchev–Trinajstić information content (AvgIpc) is 3.26. The maximum atomic E-state index is 12.5. The third kappa shape index (κ3) is 3.96. The molecule has 2 heterocycles. The number of furan rings is 1. The van der Waals surface area contributed by atoms with E-state index in [9.17, 15) is 4.79 Å². The van der Waals surface area contributed by atoms with Crippen molar-refractivity contribution in [3.05, 3.63) is 71.4 Å². The van der Waals surface area contributed by atoms with Crippen LogP contribution in [0.3, 0.4) is 0 Å². The summed E-state index contributed by atoms with van der Waals surface area (Å²) >= 11 is 0. The van der Waals surface area contributed by atoms with Crippen LogP contribution in [-0.2, 0) is 0 Å². The molecule has 1 N–H and O–H groups in total. The van der Waals surface area contributed by atoms with Crippen LogP contribution in [0.15, 0.2) is 53.1 Å². The van der Waals surface area contributed by atoms with Crippen LogP contribution < -0.4 is 10.1 Å². The molecule has 0 radical (unpaired) electrons. The van der Waals surface area contributed by atoms with Gasteiger partial charge >= 0.3 is 0 Å². The number of nitrogens with one attached hydrogen (secondary N) is 1. The topological polar surface area (TPSA) is 69.3 Å². The van der Waals surface area contributed by atoms with E-state index in [1.165, 1.54) is 0 Å². The molecule has 136 valence electrons. The van der Waals surface area contributed by atoms with E-state index in [4.69, 9.17) is 9.15 Å². The Hall–Kier alpha value is -3.02. The number of aryl methyl sites for hydroxylation is 2. The molecular formula is C20H23N3O3. The van der Waals surface area contributed by atoms with E-state index in [-0.39, 0.29) is 11.9 Å². The van der Waals surface area contributed by atoms with Crippen molar-refractivity contribution in [2.45, 2.75) is 26.8 Å². The summed E-state index contributed by atoms with van der Waals surface area (Å²) in [6.45, 7) is 6.83. The molecule has 6 nitrogen and oxygen atoms in total. The Kier molecular flexibility index (Phi) is 5.41. The Morgan fingerprint density at radius 2 is 2.04 bits per heavy atom. The van der Waals surface area contributed by atoms with E-state index in [1.807, 2.05) is 43.7 Å². The van der Waals surface area contributed by atoms with Crippen molar-refractivity contribution in [2.75, 3.05) is 13.2 Å². The van der Waals surface area contributed by atoms with E-state index in [0.29, 0.717) is 18.7 Å². The molecule has 6 heteroatoms. The normalized spacial score (nSPS) is 12.0. The van der Waals surface area contributed by atoms with Crippen molar-refractivity contribution in [3.8, 4) is 5.75 Å². The van der Waals surface area contributed by atoms with Gasteiger partial charge in [0.15, 0.2) is 0 Å². The highest BCUT2D eigenvalue weighted by Gasteiger charge is 2.21. The Bertz CT molecular complexity index is 851. The van der Waals surface area contributed by atoms with Crippen molar-refractivity contribution in [2.24, 2.45) is 0 Å². The molecular weight excluding hydrogens is 330 g/mol. The molecule has 2 aromatic heterocycles. The summed E-state index contributed by atoms with van der Waals surface area (Å²) in [6.07, 6.45) is 1.63. The van der Waals surface area contributed by atoms with Gasteiger partial charge in [0.05, 0.1) is 18.6 Å². The SMILES string of the molecule is CCOc1ccc(C(=O)NCC(c2ccco2)n2nc(C)cc2C)cc1. The zero-order chi connectivity index (χ0) is 18.5. The number of benzene rings is 1. The maximum Gasteiger partial charge on any atom is 0.251 e. The first-order valence-electron chi connectivity index (χ1n) is 8.65. The van der Waals surface area contributed by atoms with E-state index < -0.39 is 0 Å². The first kappa shape index (κ1) is 17.8. The summed E-state index contributed by atoms with van der Waals surface area (Å²) in [4.78, 5) is 12.5. The molecule has 0 saturated carbocycles. The van der Waals surface area contributed by atoms with E-state index in [0.717, 1.165) is 22.9 Å². The fourth-order valence-corrected chi connectivity index (χ4v) is 2.91. The fraction of sp³-hybridized carbons (Fsp3) is 0.300. The predicted molar refractivity (Wildman–Crippen MR) is 98.5 cm³/mol. The van der Waals surface area contributed by atoms with Gasteiger partial charge in [-0.3, -0.25) is 9.48 Å². The quantitative estimate of drug-likeness (QED) is 0.706. The van der Waals surface area contributed by atoms with E-state index in [2.05, 4.69) is 10.4 Å². The van der Waals surface area contributed by atoms with Gasteiger partial charge in [-0.2, -0.15) is 5.10 Å². The second-order valence-electron chi connectivity index (χ2n) is 6.07. The molecule has 1 amide bonds. The van der Waals surface area contributed by atoms with Crippen molar-refractivity contribution in [3.63, 3.8) is 0 Å². The lowest BCUT2D eigenvalue weighted by Crippen LogP contribution is -2.32. The van der Waals surface area contributed by atoms with Crippen molar-refractivity contribution >= 4 is 5.91 Å². The highest BCUT2D eigenvalue weighted by molar-refractivity contribution is 5.94. The van der Waals surface area contributed by atoms with Crippen molar-refractivity contribution < 1.29 is 13.9 Å². The van der Waals surface area contributed by atoms with Crippen LogP contribution in [0.4, 0.5) is 0 Å². The summed E-state index contributed by atoms with van der Waals surface area (Å²) in [7, 11) is 0. The van der Waals surface area contributed by atoms with Gasteiger partial charge in [0, 0.05) is 17.8 Å². The number of ether oxygens (including phenoxy) is 1. The third-order valence-corrected chi connectivity index (χ3v) is 4.09. The zero-order valence-corrected chi connectivity index (χ0v) is 15.2. The number of hydrogen-bond donors (Lipinski definition) is 1. The van der Waals surface area contributed by atoms with Crippen LogP contribution in [-0.4, -0.2) is 28.8 Å².